The maximum atomic E-state index is 12.7. The highest BCUT2D eigenvalue weighted by molar-refractivity contribution is 5.77. The van der Waals surface area contributed by atoms with Gasteiger partial charge in [0.1, 0.15) is 5.82 Å². The quantitative estimate of drug-likeness (QED) is 0.722. The average molecular weight is 275 g/mol. The van der Waals surface area contributed by atoms with E-state index in [0.717, 1.165) is 5.56 Å². The van der Waals surface area contributed by atoms with Crippen LogP contribution in [0.4, 0.5) is 0 Å². The first-order valence-electron chi connectivity index (χ1n) is 6.65. The molecule has 0 aliphatic rings. The normalized spacial score (nSPS) is 12.0. The molecule has 102 valence electrons. The molecule has 1 unspecified atom stereocenters. The molecule has 3 rings (SSSR count). The summed E-state index contributed by atoms with van der Waals surface area (Å²) in [6, 6.07) is 18.0. The van der Waals surface area contributed by atoms with Crippen LogP contribution in [0, 0.1) is 18.3 Å². The summed E-state index contributed by atoms with van der Waals surface area (Å²) in [5.41, 5.74) is 1.25. The first kappa shape index (κ1) is 13.1. The van der Waals surface area contributed by atoms with Crippen molar-refractivity contribution in [2.24, 2.45) is 0 Å². The van der Waals surface area contributed by atoms with Crippen LogP contribution in [0.1, 0.15) is 17.4 Å². The van der Waals surface area contributed by atoms with Crippen molar-refractivity contribution in [1.82, 2.24) is 9.55 Å². The third-order valence-corrected chi connectivity index (χ3v) is 3.48. The zero-order chi connectivity index (χ0) is 14.8. The number of aryl methyl sites for hydroxylation is 1. The van der Waals surface area contributed by atoms with Gasteiger partial charge in [-0.3, -0.25) is 9.36 Å². The Labute approximate surface area is 121 Å². The highest BCUT2D eigenvalue weighted by atomic mass is 16.1. The molecule has 1 heterocycles. The second kappa shape index (κ2) is 5.22. The van der Waals surface area contributed by atoms with Crippen molar-refractivity contribution < 1.29 is 0 Å². The molecule has 21 heavy (non-hydrogen) atoms. The first-order chi connectivity index (χ1) is 10.2. The molecule has 0 saturated heterocycles. The third-order valence-electron chi connectivity index (χ3n) is 3.48. The SMILES string of the molecule is Cc1nc2ccccc2c(=O)n1C(C#N)c1ccccc1. The Bertz CT molecular complexity index is 891. The summed E-state index contributed by atoms with van der Waals surface area (Å²) in [6.07, 6.45) is 0. The number of rotatable bonds is 2. The van der Waals surface area contributed by atoms with Gasteiger partial charge in [-0.25, -0.2) is 4.98 Å². The van der Waals surface area contributed by atoms with Gasteiger partial charge < -0.3 is 0 Å². The van der Waals surface area contributed by atoms with E-state index in [1.807, 2.05) is 36.4 Å². The Morgan fingerprint density at radius 1 is 1.10 bits per heavy atom. The van der Waals surface area contributed by atoms with E-state index < -0.39 is 6.04 Å². The predicted octanol–water partition coefficient (Wildman–Crippen LogP) is 2.82. The van der Waals surface area contributed by atoms with Gasteiger partial charge in [0, 0.05) is 0 Å². The van der Waals surface area contributed by atoms with Crippen molar-refractivity contribution in [3.8, 4) is 6.07 Å². The van der Waals surface area contributed by atoms with Gasteiger partial charge >= 0.3 is 0 Å². The Morgan fingerprint density at radius 2 is 1.76 bits per heavy atom. The van der Waals surface area contributed by atoms with Gasteiger partial charge in [-0.1, -0.05) is 42.5 Å². The average Bonchev–Trinajstić information content (AvgIpc) is 2.52. The molecule has 0 saturated carbocycles. The monoisotopic (exact) mass is 275 g/mol. The van der Waals surface area contributed by atoms with E-state index in [2.05, 4.69) is 11.1 Å². The van der Waals surface area contributed by atoms with Crippen LogP contribution >= 0.6 is 0 Å². The van der Waals surface area contributed by atoms with Crippen molar-refractivity contribution in [1.29, 1.82) is 5.26 Å². The van der Waals surface area contributed by atoms with Gasteiger partial charge in [0.25, 0.3) is 5.56 Å². The van der Waals surface area contributed by atoms with Crippen molar-refractivity contribution in [2.75, 3.05) is 0 Å². The van der Waals surface area contributed by atoms with E-state index in [-0.39, 0.29) is 5.56 Å². The van der Waals surface area contributed by atoms with Gasteiger partial charge in [0.15, 0.2) is 6.04 Å². The summed E-state index contributed by atoms with van der Waals surface area (Å²) >= 11 is 0. The Kier molecular flexibility index (Phi) is 3.25. The maximum Gasteiger partial charge on any atom is 0.262 e. The van der Waals surface area contributed by atoms with E-state index in [9.17, 15) is 10.1 Å². The fraction of sp³-hybridized carbons (Fsp3) is 0.118. The molecule has 4 nitrogen and oxygen atoms in total. The van der Waals surface area contributed by atoms with E-state index in [4.69, 9.17) is 0 Å². The fourth-order valence-electron chi connectivity index (χ4n) is 2.48. The molecule has 0 amide bonds. The summed E-state index contributed by atoms with van der Waals surface area (Å²) < 4.78 is 1.46. The molecular weight excluding hydrogens is 262 g/mol. The van der Waals surface area contributed by atoms with Crippen LogP contribution in [0.2, 0.25) is 0 Å². The van der Waals surface area contributed by atoms with Crippen molar-refractivity contribution in [2.45, 2.75) is 13.0 Å². The van der Waals surface area contributed by atoms with Gasteiger partial charge in [-0.15, -0.1) is 0 Å². The number of para-hydroxylation sites is 1. The van der Waals surface area contributed by atoms with E-state index in [1.54, 1.807) is 25.1 Å². The second-order valence-corrected chi connectivity index (χ2v) is 4.79. The molecule has 0 N–H and O–H groups in total. The standard InChI is InChI=1S/C17H13N3O/c1-12-19-15-10-6-5-9-14(15)17(21)20(12)16(11-18)13-7-3-2-4-8-13/h2-10,16H,1H3. The van der Waals surface area contributed by atoms with Crippen LogP contribution in [0.15, 0.2) is 59.4 Å². The molecule has 0 fully saturated rings. The molecule has 2 aromatic carbocycles. The van der Waals surface area contributed by atoms with Crippen LogP contribution in [0.25, 0.3) is 10.9 Å². The Hall–Kier alpha value is -2.93. The minimum absolute atomic E-state index is 0.187. The van der Waals surface area contributed by atoms with Gasteiger partial charge in [0.05, 0.1) is 17.0 Å². The summed E-state index contributed by atoms with van der Waals surface area (Å²) in [5, 5.41) is 10.0. The lowest BCUT2D eigenvalue weighted by Crippen LogP contribution is -2.28. The van der Waals surface area contributed by atoms with Crippen LogP contribution in [-0.2, 0) is 0 Å². The number of hydrogen-bond donors (Lipinski definition) is 0. The van der Waals surface area contributed by atoms with E-state index in [0.29, 0.717) is 16.7 Å². The van der Waals surface area contributed by atoms with Crippen LogP contribution < -0.4 is 5.56 Å². The van der Waals surface area contributed by atoms with Crippen molar-refractivity contribution >= 4 is 10.9 Å². The molecule has 1 atom stereocenters. The molecule has 1 aromatic heterocycles. The topological polar surface area (TPSA) is 58.7 Å². The lowest BCUT2D eigenvalue weighted by atomic mass is 10.1. The minimum atomic E-state index is -0.671. The molecule has 0 spiro atoms. The van der Waals surface area contributed by atoms with Gasteiger partial charge in [-0.05, 0) is 24.6 Å². The molecule has 4 heteroatoms. The lowest BCUT2D eigenvalue weighted by molar-refractivity contribution is 0.646. The third kappa shape index (κ3) is 2.19. The second-order valence-electron chi connectivity index (χ2n) is 4.79. The first-order valence-corrected chi connectivity index (χ1v) is 6.65. The van der Waals surface area contributed by atoms with Gasteiger partial charge in [0.2, 0.25) is 0 Å². The van der Waals surface area contributed by atoms with E-state index in [1.165, 1.54) is 4.57 Å². The highest BCUT2D eigenvalue weighted by Gasteiger charge is 2.18. The molecule has 0 radical (unpaired) electrons. The number of aromatic nitrogens is 2. The summed E-state index contributed by atoms with van der Waals surface area (Å²) in [7, 11) is 0. The maximum absolute atomic E-state index is 12.7. The van der Waals surface area contributed by atoms with Crippen LogP contribution in [-0.4, -0.2) is 9.55 Å². The molecule has 0 bridgehead atoms. The van der Waals surface area contributed by atoms with Crippen LogP contribution in [0.3, 0.4) is 0 Å². The van der Waals surface area contributed by atoms with E-state index >= 15 is 0 Å². The fourth-order valence-corrected chi connectivity index (χ4v) is 2.48. The molecule has 0 aliphatic carbocycles. The zero-order valence-corrected chi connectivity index (χ0v) is 11.5. The highest BCUT2D eigenvalue weighted by Crippen LogP contribution is 2.18. The van der Waals surface area contributed by atoms with Crippen molar-refractivity contribution in [3.05, 3.63) is 76.3 Å². The summed E-state index contributed by atoms with van der Waals surface area (Å²) in [4.78, 5) is 17.1. The van der Waals surface area contributed by atoms with Crippen molar-refractivity contribution in [3.63, 3.8) is 0 Å². The summed E-state index contributed by atoms with van der Waals surface area (Å²) in [6.45, 7) is 1.75. The number of nitriles is 1. The number of benzene rings is 2. The lowest BCUT2D eigenvalue weighted by Gasteiger charge is -2.16. The molecular formula is C17H13N3O. The largest absolute Gasteiger partial charge is 0.275 e. The zero-order valence-electron chi connectivity index (χ0n) is 11.5. The predicted molar refractivity (Wildman–Crippen MR) is 80.9 cm³/mol. The number of hydrogen-bond acceptors (Lipinski definition) is 3. The molecule has 0 aliphatic heterocycles. The Balaban J connectivity index is 2.29. The van der Waals surface area contributed by atoms with Crippen LogP contribution in [0.5, 0.6) is 0 Å². The number of fused-ring (bicyclic) bond motifs is 1. The molecule has 3 aromatic rings. The van der Waals surface area contributed by atoms with Gasteiger partial charge in [-0.2, -0.15) is 5.26 Å². The minimum Gasteiger partial charge on any atom is -0.275 e. The smallest absolute Gasteiger partial charge is 0.262 e. The Morgan fingerprint density at radius 3 is 2.48 bits per heavy atom. The summed E-state index contributed by atoms with van der Waals surface area (Å²) in [5.74, 6) is 0.536. The number of nitrogens with zero attached hydrogens (tertiary/aromatic N) is 3.